The van der Waals surface area contributed by atoms with E-state index in [1.54, 1.807) is 20.3 Å². The maximum absolute atomic E-state index is 11.8. The van der Waals surface area contributed by atoms with Crippen molar-refractivity contribution in [3.05, 3.63) is 17.8 Å². The van der Waals surface area contributed by atoms with Gasteiger partial charge in [-0.05, 0) is 6.42 Å². The molecule has 1 aliphatic rings. The molecule has 1 unspecified atom stereocenters. The number of guanidine groups is 1. The lowest BCUT2D eigenvalue weighted by atomic mass is 9.94. The Bertz CT molecular complexity index is 613. The Morgan fingerprint density at radius 1 is 1.38 bits per heavy atom. The van der Waals surface area contributed by atoms with Gasteiger partial charge in [0.1, 0.15) is 12.3 Å². The van der Waals surface area contributed by atoms with Crippen molar-refractivity contribution in [1.29, 1.82) is 0 Å². The zero-order chi connectivity index (χ0) is 19.2. The summed E-state index contributed by atoms with van der Waals surface area (Å²) in [6.45, 7) is 9.03. The van der Waals surface area contributed by atoms with Crippen LogP contribution in [-0.4, -0.2) is 62.1 Å². The van der Waals surface area contributed by atoms with Crippen LogP contribution in [0.15, 0.2) is 15.6 Å². The van der Waals surface area contributed by atoms with Gasteiger partial charge in [0.15, 0.2) is 5.96 Å². The summed E-state index contributed by atoms with van der Waals surface area (Å²) in [6, 6.07) is 0. The van der Waals surface area contributed by atoms with E-state index in [9.17, 15) is 4.79 Å². The van der Waals surface area contributed by atoms with E-state index in [0.717, 1.165) is 31.9 Å². The second-order valence-electron chi connectivity index (χ2n) is 7.79. The van der Waals surface area contributed by atoms with E-state index >= 15 is 0 Å². The molecule has 1 amide bonds. The average molecular weight is 365 g/mol. The van der Waals surface area contributed by atoms with Crippen LogP contribution in [0.2, 0.25) is 0 Å². The number of ether oxygens (including phenoxy) is 1. The summed E-state index contributed by atoms with van der Waals surface area (Å²) in [6.07, 6.45) is 2.79. The van der Waals surface area contributed by atoms with Crippen molar-refractivity contribution >= 4 is 11.9 Å². The Hall–Kier alpha value is -2.09. The van der Waals surface area contributed by atoms with Gasteiger partial charge >= 0.3 is 0 Å². The predicted molar refractivity (Wildman–Crippen MR) is 100.0 cm³/mol. The molecule has 0 bridgehead atoms. The van der Waals surface area contributed by atoms with Crippen LogP contribution >= 0.6 is 0 Å². The van der Waals surface area contributed by atoms with Gasteiger partial charge in [-0.2, -0.15) is 0 Å². The van der Waals surface area contributed by atoms with Gasteiger partial charge in [-0.25, -0.2) is 9.98 Å². The Morgan fingerprint density at radius 2 is 2.15 bits per heavy atom. The number of amides is 1. The third kappa shape index (κ3) is 6.33. The molecule has 0 radical (unpaired) electrons. The maximum atomic E-state index is 11.8. The predicted octanol–water partition coefficient (Wildman–Crippen LogP) is 1.13. The SMILES string of the molecule is CN(C)C(=O)CN=C(NCc1ncc(C(C)(C)C)o1)NCC1CCOC1. The van der Waals surface area contributed by atoms with Crippen LogP contribution in [0, 0.1) is 5.92 Å². The first-order valence-corrected chi connectivity index (χ1v) is 9.01. The van der Waals surface area contributed by atoms with Gasteiger partial charge in [0, 0.05) is 38.6 Å². The topological polar surface area (TPSA) is 92.0 Å². The monoisotopic (exact) mass is 365 g/mol. The number of aromatic nitrogens is 1. The molecule has 8 heteroatoms. The zero-order valence-corrected chi connectivity index (χ0v) is 16.5. The second-order valence-corrected chi connectivity index (χ2v) is 7.79. The average Bonchev–Trinajstić information content (AvgIpc) is 3.24. The minimum atomic E-state index is -0.0823. The van der Waals surface area contributed by atoms with Crippen LogP contribution < -0.4 is 10.6 Å². The number of oxazole rings is 1. The van der Waals surface area contributed by atoms with Crippen LogP contribution in [0.5, 0.6) is 0 Å². The largest absolute Gasteiger partial charge is 0.443 e. The number of nitrogens with zero attached hydrogens (tertiary/aromatic N) is 3. The van der Waals surface area contributed by atoms with E-state index in [2.05, 4.69) is 41.4 Å². The zero-order valence-electron chi connectivity index (χ0n) is 16.5. The van der Waals surface area contributed by atoms with Crippen molar-refractivity contribution in [1.82, 2.24) is 20.5 Å². The Morgan fingerprint density at radius 3 is 2.73 bits per heavy atom. The fourth-order valence-electron chi connectivity index (χ4n) is 2.35. The van der Waals surface area contributed by atoms with E-state index < -0.39 is 0 Å². The number of carbonyl (C=O) groups excluding carboxylic acids is 1. The van der Waals surface area contributed by atoms with E-state index in [-0.39, 0.29) is 17.9 Å². The number of nitrogens with one attached hydrogen (secondary N) is 2. The molecule has 1 aliphatic heterocycles. The van der Waals surface area contributed by atoms with Crippen molar-refractivity contribution in [2.24, 2.45) is 10.9 Å². The second kappa shape index (κ2) is 9.02. The van der Waals surface area contributed by atoms with Crippen LogP contribution in [0.4, 0.5) is 0 Å². The van der Waals surface area contributed by atoms with Crippen LogP contribution in [0.1, 0.15) is 38.8 Å². The van der Waals surface area contributed by atoms with E-state index in [1.807, 2.05) is 0 Å². The lowest BCUT2D eigenvalue weighted by molar-refractivity contribution is -0.127. The normalized spacial score (nSPS) is 18.0. The molecule has 0 aliphatic carbocycles. The molecule has 2 N–H and O–H groups in total. The first-order chi connectivity index (χ1) is 12.3. The Labute approximate surface area is 155 Å². The smallest absolute Gasteiger partial charge is 0.243 e. The number of aliphatic imine (C=N–C) groups is 1. The molecular formula is C18H31N5O3. The summed E-state index contributed by atoms with van der Waals surface area (Å²) < 4.78 is 11.2. The third-order valence-corrected chi connectivity index (χ3v) is 4.15. The number of hydrogen-bond donors (Lipinski definition) is 2. The summed E-state index contributed by atoms with van der Waals surface area (Å²) in [7, 11) is 3.43. The molecule has 2 heterocycles. The molecule has 1 fully saturated rings. The highest BCUT2D eigenvalue weighted by Gasteiger charge is 2.19. The van der Waals surface area contributed by atoms with Gasteiger partial charge in [0.05, 0.1) is 19.3 Å². The fraction of sp³-hybridized carbons (Fsp3) is 0.722. The molecule has 0 aromatic carbocycles. The van der Waals surface area contributed by atoms with Gasteiger partial charge in [0.25, 0.3) is 0 Å². The lowest BCUT2D eigenvalue weighted by Gasteiger charge is -2.15. The summed E-state index contributed by atoms with van der Waals surface area (Å²) in [5.41, 5.74) is -0.0823. The van der Waals surface area contributed by atoms with Crippen LogP contribution in [0.25, 0.3) is 0 Å². The fourth-order valence-corrected chi connectivity index (χ4v) is 2.35. The quantitative estimate of drug-likeness (QED) is 0.580. The summed E-state index contributed by atoms with van der Waals surface area (Å²) >= 11 is 0. The van der Waals surface area contributed by atoms with Crippen molar-refractivity contribution in [2.75, 3.05) is 40.4 Å². The molecule has 1 aromatic heterocycles. The van der Waals surface area contributed by atoms with E-state index in [4.69, 9.17) is 9.15 Å². The molecular weight excluding hydrogens is 334 g/mol. The highest BCUT2D eigenvalue weighted by atomic mass is 16.5. The van der Waals surface area contributed by atoms with Gasteiger partial charge in [0.2, 0.25) is 11.8 Å². The number of likely N-dealkylation sites (N-methyl/N-ethyl adjacent to an activating group) is 1. The van der Waals surface area contributed by atoms with Crippen LogP contribution in [0.3, 0.4) is 0 Å². The molecule has 2 rings (SSSR count). The minimum Gasteiger partial charge on any atom is -0.443 e. The van der Waals surface area contributed by atoms with Crippen LogP contribution in [-0.2, 0) is 21.5 Å². The third-order valence-electron chi connectivity index (χ3n) is 4.15. The van der Waals surface area contributed by atoms with Gasteiger partial charge in [-0.3, -0.25) is 4.79 Å². The number of rotatable bonds is 6. The standard InChI is InChI=1S/C18H31N5O3/c1-18(2,3)14-9-19-15(26-14)10-21-17(22-11-16(24)23(4)5)20-8-13-6-7-25-12-13/h9,13H,6-8,10-12H2,1-5H3,(H2,20,21,22). The molecule has 1 aromatic rings. The number of carbonyl (C=O) groups is 1. The molecule has 146 valence electrons. The van der Waals surface area contributed by atoms with Gasteiger partial charge in [-0.15, -0.1) is 0 Å². The highest BCUT2D eigenvalue weighted by Crippen LogP contribution is 2.22. The van der Waals surface area contributed by atoms with Crippen molar-refractivity contribution in [3.8, 4) is 0 Å². The van der Waals surface area contributed by atoms with Gasteiger partial charge < -0.3 is 24.7 Å². The molecule has 0 spiro atoms. The number of hydrogen-bond acceptors (Lipinski definition) is 5. The Balaban J connectivity index is 1.94. The molecule has 1 atom stereocenters. The highest BCUT2D eigenvalue weighted by molar-refractivity contribution is 5.84. The summed E-state index contributed by atoms with van der Waals surface area (Å²) in [5, 5.41) is 6.47. The van der Waals surface area contributed by atoms with Crippen molar-refractivity contribution in [2.45, 2.75) is 39.2 Å². The Kier molecular flexibility index (Phi) is 7.02. The lowest BCUT2D eigenvalue weighted by Crippen LogP contribution is -2.40. The maximum Gasteiger partial charge on any atom is 0.243 e. The van der Waals surface area contributed by atoms with Gasteiger partial charge in [-0.1, -0.05) is 20.8 Å². The molecule has 1 saturated heterocycles. The minimum absolute atomic E-state index is 0.0542. The van der Waals surface area contributed by atoms with Crippen molar-refractivity contribution < 1.29 is 13.9 Å². The van der Waals surface area contributed by atoms with E-state index in [0.29, 0.717) is 24.3 Å². The van der Waals surface area contributed by atoms with Crippen molar-refractivity contribution in [3.63, 3.8) is 0 Å². The summed E-state index contributed by atoms with van der Waals surface area (Å²) in [4.78, 5) is 22.0. The molecule has 0 saturated carbocycles. The molecule has 26 heavy (non-hydrogen) atoms. The van der Waals surface area contributed by atoms with E-state index in [1.165, 1.54) is 4.90 Å². The molecule has 8 nitrogen and oxygen atoms in total. The first-order valence-electron chi connectivity index (χ1n) is 9.01. The first kappa shape index (κ1) is 20.2. The summed E-state index contributed by atoms with van der Waals surface area (Å²) in [5.74, 6) is 2.41.